The van der Waals surface area contributed by atoms with Gasteiger partial charge in [-0.15, -0.1) is 0 Å². The number of imide groups is 1. The predicted molar refractivity (Wildman–Crippen MR) is 83.8 cm³/mol. The standard InChI is InChI=1S/C16H12N2O6/c1-23-9-6-7-13(24-2)12(8-9)17-15(19)10-4-3-5-11(18(21)22)14(10)16(17)20/h3-8H,1-2H3. The van der Waals surface area contributed by atoms with Crippen LogP contribution in [0.4, 0.5) is 11.4 Å². The fourth-order valence-electron chi connectivity index (χ4n) is 2.61. The Morgan fingerprint density at radius 3 is 2.42 bits per heavy atom. The molecule has 2 amide bonds. The first-order valence-corrected chi connectivity index (χ1v) is 6.87. The lowest BCUT2D eigenvalue weighted by Gasteiger charge is -2.18. The summed E-state index contributed by atoms with van der Waals surface area (Å²) in [5, 5.41) is 11.2. The lowest BCUT2D eigenvalue weighted by atomic mass is 10.1. The van der Waals surface area contributed by atoms with Crippen LogP contribution in [0.1, 0.15) is 20.7 Å². The van der Waals surface area contributed by atoms with Crippen molar-refractivity contribution in [3.63, 3.8) is 0 Å². The zero-order valence-corrected chi connectivity index (χ0v) is 12.8. The summed E-state index contributed by atoms with van der Waals surface area (Å²) in [6.07, 6.45) is 0. The van der Waals surface area contributed by atoms with E-state index in [2.05, 4.69) is 0 Å². The van der Waals surface area contributed by atoms with Crippen LogP contribution in [0.15, 0.2) is 36.4 Å². The molecular weight excluding hydrogens is 316 g/mol. The molecule has 1 aliphatic heterocycles. The molecule has 0 aliphatic carbocycles. The summed E-state index contributed by atoms with van der Waals surface area (Å²) in [4.78, 5) is 36.7. The third-order valence-corrected chi connectivity index (χ3v) is 3.72. The third-order valence-electron chi connectivity index (χ3n) is 3.72. The summed E-state index contributed by atoms with van der Waals surface area (Å²) >= 11 is 0. The second kappa shape index (κ2) is 5.65. The largest absolute Gasteiger partial charge is 0.497 e. The zero-order valence-electron chi connectivity index (χ0n) is 12.8. The zero-order chi connectivity index (χ0) is 17.4. The predicted octanol–water partition coefficient (Wildman–Crippen LogP) is 2.41. The van der Waals surface area contributed by atoms with E-state index in [1.165, 1.54) is 38.5 Å². The maximum atomic E-state index is 12.7. The Kier molecular flexibility index (Phi) is 3.64. The monoisotopic (exact) mass is 328 g/mol. The highest BCUT2D eigenvalue weighted by Crippen LogP contribution is 2.39. The van der Waals surface area contributed by atoms with E-state index in [1.54, 1.807) is 12.1 Å². The van der Waals surface area contributed by atoms with Gasteiger partial charge < -0.3 is 9.47 Å². The molecule has 0 fully saturated rings. The molecule has 0 N–H and O–H groups in total. The van der Waals surface area contributed by atoms with Crippen molar-refractivity contribution in [1.29, 1.82) is 0 Å². The molecule has 1 aliphatic rings. The molecule has 0 atom stereocenters. The first kappa shape index (κ1) is 15.5. The Hall–Kier alpha value is -3.42. The molecule has 0 aromatic heterocycles. The van der Waals surface area contributed by atoms with E-state index in [4.69, 9.17) is 9.47 Å². The van der Waals surface area contributed by atoms with Crippen LogP contribution in [0.2, 0.25) is 0 Å². The van der Waals surface area contributed by atoms with Gasteiger partial charge in [-0.05, 0) is 18.2 Å². The van der Waals surface area contributed by atoms with Crippen LogP contribution in [0, 0.1) is 10.1 Å². The molecule has 1 heterocycles. The number of amides is 2. The van der Waals surface area contributed by atoms with Crippen molar-refractivity contribution in [3.05, 3.63) is 57.6 Å². The van der Waals surface area contributed by atoms with Crippen LogP contribution in [0.25, 0.3) is 0 Å². The number of nitro benzene ring substituents is 1. The normalized spacial score (nSPS) is 13.0. The highest BCUT2D eigenvalue weighted by atomic mass is 16.6. The Balaban J connectivity index is 2.19. The molecule has 3 rings (SSSR count). The third kappa shape index (κ3) is 2.16. The number of ether oxygens (including phenoxy) is 2. The molecule has 0 spiro atoms. The van der Waals surface area contributed by atoms with E-state index in [-0.39, 0.29) is 22.6 Å². The van der Waals surface area contributed by atoms with Crippen molar-refractivity contribution in [1.82, 2.24) is 0 Å². The van der Waals surface area contributed by atoms with E-state index in [0.29, 0.717) is 5.75 Å². The van der Waals surface area contributed by atoms with E-state index in [0.717, 1.165) is 4.90 Å². The van der Waals surface area contributed by atoms with Crippen molar-refractivity contribution in [2.24, 2.45) is 0 Å². The van der Waals surface area contributed by atoms with Crippen LogP contribution in [-0.4, -0.2) is 31.0 Å². The van der Waals surface area contributed by atoms with Gasteiger partial charge >= 0.3 is 0 Å². The summed E-state index contributed by atoms with van der Waals surface area (Å²) in [6, 6.07) is 8.57. The van der Waals surface area contributed by atoms with E-state index in [1.807, 2.05) is 0 Å². The van der Waals surface area contributed by atoms with Gasteiger partial charge in [0.15, 0.2) is 0 Å². The Morgan fingerprint density at radius 2 is 1.79 bits per heavy atom. The molecule has 2 aromatic carbocycles. The summed E-state index contributed by atoms with van der Waals surface area (Å²) in [5.41, 5.74) is -0.482. The van der Waals surface area contributed by atoms with Crippen LogP contribution >= 0.6 is 0 Å². The number of nitrogens with zero attached hydrogens (tertiary/aromatic N) is 2. The van der Waals surface area contributed by atoms with E-state index in [9.17, 15) is 19.7 Å². The number of rotatable bonds is 4. The molecule has 0 unspecified atom stereocenters. The molecule has 0 saturated carbocycles. The van der Waals surface area contributed by atoms with E-state index >= 15 is 0 Å². The van der Waals surface area contributed by atoms with Gasteiger partial charge in [0.05, 0.1) is 30.4 Å². The molecule has 8 nitrogen and oxygen atoms in total. The molecule has 0 radical (unpaired) electrons. The van der Waals surface area contributed by atoms with Gasteiger partial charge in [-0.2, -0.15) is 0 Å². The molecule has 0 bridgehead atoms. The first-order valence-electron chi connectivity index (χ1n) is 6.87. The molecular formula is C16H12N2O6. The maximum Gasteiger partial charge on any atom is 0.283 e. The number of methoxy groups -OCH3 is 2. The fraction of sp³-hybridized carbons (Fsp3) is 0.125. The molecule has 2 aromatic rings. The van der Waals surface area contributed by atoms with Crippen LogP contribution in [0.5, 0.6) is 11.5 Å². The quantitative estimate of drug-likeness (QED) is 0.485. The van der Waals surface area contributed by atoms with Crippen LogP contribution < -0.4 is 14.4 Å². The van der Waals surface area contributed by atoms with Gasteiger partial charge in [-0.3, -0.25) is 19.7 Å². The SMILES string of the molecule is COc1ccc(OC)c(N2C(=O)c3cccc([N+](=O)[O-])c3C2=O)c1. The number of nitro groups is 1. The van der Waals surface area contributed by atoms with Crippen molar-refractivity contribution in [2.75, 3.05) is 19.1 Å². The topological polar surface area (TPSA) is 99.0 Å². The number of benzene rings is 2. The Labute approximate surface area is 136 Å². The van der Waals surface area contributed by atoms with Gasteiger partial charge in [-0.25, -0.2) is 4.90 Å². The van der Waals surface area contributed by atoms with Gasteiger partial charge in [0.25, 0.3) is 17.5 Å². The Morgan fingerprint density at radius 1 is 1.04 bits per heavy atom. The number of hydrogen-bond donors (Lipinski definition) is 0. The smallest absolute Gasteiger partial charge is 0.283 e. The fourth-order valence-corrected chi connectivity index (χ4v) is 2.61. The van der Waals surface area contributed by atoms with Crippen molar-refractivity contribution >= 4 is 23.2 Å². The number of hydrogen-bond acceptors (Lipinski definition) is 6. The minimum absolute atomic E-state index is 0.0147. The first-order chi connectivity index (χ1) is 11.5. The molecule has 122 valence electrons. The molecule has 24 heavy (non-hydrogen) atoms. The van der Waals surface area contributed by atoms with Gasteiger partial charge in [0.2, 0.25) is 0 Å². The lowest BCUT2D eigenvalue weighted by Crippen LogP contribution is -2.29. The summed E-state index contributed by atoms with van der Waals surface area (Å²) in [5.74, 6) is -0.732. The average Bonchev–Trinajstić information content (AvgIpc) is 2.85. The number of carbonyl (C=O) groups is 2. The van der Waals surface area contributed by atoms with Gasteiger partial charge in [0.1, 0.15) is 17.1 Å². The average molecular weight is 328 g/mol. The highest BCUT2D eigenvalue weighted by Gasteiger charge is 2.42. The van der Waals surface area contributed by atoms with E-state index < -0.39 is 22.4 Å². The van der Waals surface area contributed by atoms with Crippen molar-refractivity contribution in [3.8, 4) is 11.5 Å². The van der Waals surface area contributed by atoms with Gasteiger partial charge in [-0.1, -0.05) is 6.07 Å². The van der Waals surface area contributed by atoms with Crippen molar-refractivity contribution in [2.45, 2.75) is 0 Å². The number of fused-ring (bicyclic) bond motifs is 1. The second-order valence-electron chi connectivity index (χ2n) is 4.94. The summed E-state index contributed by atoms with van der Waals surface area (Å²) in [7, 11) is 2.84. The molecule has 8 heteroatoms. The Bertz CT molecular complexity index is 877. The van der Waals surface area contributed by atoms with Crippen LogP contribution in [0.3, 0.4) is 0 Å². The minimum Gasteiger partial charge on any atom is -0.497 e. The molecule has 0 saturated heterocycles. The lowest BCUT2D eigenvalue weighted by molar-refractivity contribution is -0.385. The van der Waals surface area contributed by atoms with Gasteiger partial charge in [0, 0.05) is 12.1 Å². The summed E-state index contributed by atoms with van der Waals surface area (Å²) in [6.45, 7) is 0. The number of anilines is 1. The maximum absolute atomic E-state index is 12.7. The minimum atomic E-state index is -0.770. The van der Waals surface area contributed by atoms with Crippen molar-refractivity contribution < 1.29 is 24.0 Å². The van der Waals surface area contributed by atoms with Crippen LogP contribution in [-0.2, 0) is 0 Å². The summed E-state index contributed by atoms with van der Waals surface area (Å²) < 4.78 is 10.3. The highest BCUT2D eigenvalue weighted by molar-refractivity contribution is 6.36. The number of carbonyl (C=O) groups excluding carboxylic acids is 2. The second-order valence-corrected chi connectivity index (χ2v) is 4.94.